The van der Waals surface area contributed by atoms with E-state index in [4.69, 9.17) is 0 Å². The summed E-state index contributed by atoms with van der Waals surface area (Å²) in [5.41, 5.74) is 1.93. The van der Waals surface area contributed by atoms with Gasteiger partial charge in [0, 0.05) is 30.1 Å². The first kappa shape index (κ1) is 18.7. The number of fused-ring (bicyclic) bond motifs is 3. The smallest absolute Gasteiger partial charge is 0.227 e. The summed E-state index contributed by atoms with van der Waals surface area (Å²) in [5, 5.41) is 3.16. The number of rotatable bonds is 5. The van der Waals surface area contributed by atoms with Crippen LogP contribution in [-0.4, -0.2) is 21.2 Å². The van der Waals surface area contributed by atoms with Crippen LogP contribution in [0.5, 0.6) is 0 Å². The van der Waals surface area contributed by atoms with Crippen LogP contribution in [-0.2, 0) is 11.2 Å². The van der Waals surface area contributed by atoms with Crippen LogP contribution in [0, 0.1) is 11.2 Å². The molecular formula is C24H22FN3O2. The summed E-state index contributed by atoms with van der Waals surface area (Å²) in [4.78, 5) is 30.3. The lowest BCUT2D eigenvalue weighted by molar-refractivity contribution is -0.127. The molecule has 1 fully saturated rings. The van der Waals surface area contributed by atoms with Crippen molar-refractivity contribution in [3.05, 3.63) is 83.7 Å². The molecular weight excluding hydrogens is 381 g/mol. The van der Waals surface area contributed by atoms with E-state index in [2.05, 4.69) is 22.4 Å². The Balaban J connectivity index is 1.34. The number of carbonyl (C=O) groups is 2. The second kappa shape index (κ2) is 7.20. The first-order chi connectivity index (χ1) is 14.6. The molecule has 0 radical (unpaired) electrons. The van der Waals surface area contributed by atoms with E-state index in [9.17, 15) is 14.0 Å². The molecule has 2 heterocycles. The Kier molecular flexibility index (Phi) is 4.50. The Hall–Kier alpha value is -3.28. The van der Waals surface area contributed by atoms with Gasteiger partial charge in [-0.1, -0.05) is 30.3 Å². The van der Waals surface area contributed by atoms with E-state index in [-0.39, 0.29) is 24.2 Å². The predicted molar refractivity (Wildman–Crippen MR) is 110 cm³/mol. The summed E-state index contributed by atoms with van der Waals surface area (Å²) in [6.07, 6.45) is 6.68. The van der Waals surface area contributed by atoms with Gasteiger partial charge in [-0.25, -0.2) is 9.37 Å². The van der Waals surface area contributed by atoms with Crippen LogP contribution in [0.2, 0.25) is 0 Å². The van der Waals surface area contributed by atoms with E-state index in [1.54, 1.807) is 12.3 Å². The highest BCUT2D eigenvalue weighted by atomic mass is 19.1. The molecule has 1 N–H and O–H groups in total. The fourth-order valence-electron chi connectivity index (χ4n) is 4.32. The molecule has 1 aliphatic carbocycles. The first-order valence-electron chi connectivity index (χ1n) is 10.3. The van der Waals surface area contributed by atoms with Crippen LogP contribution in [0.3, 0.4) is 0 Å². The highest BCUT2D eigenvalue weighted by Crippen LogP contribution is 2.50. The molecule has 1 amide bonds. The summed E-state index contributed by atoms with van der Waals surface area (Å²) in [6, 6.07) is 13.6. The zero-order valence-corrected chi connectivity index (χ0v) is 16.5. The van der Waals surface area contributed by atoms with E-state index >= 15 is 0 Å². The van der Waals surface area contributed by atoms with Crippen LogP contribution >= 0.6 is 0 Å². The van der Waals surface area contributed by atoms with Gasteiger partial charge in [0.05, 0.1) is 11.5 Å². The van der Waals surface area contributed by atoms with E-state index in [1.807, 2.05) is 22.9 Å². The fraction of sp³-hybridized carbons (Fsp3) is 0.292. The van der Waals surface area contributed by atoms with E-state index in [0.29, 0.717) is 18.4 Å². The highest BCUT2D eigenvalue weighted by molar-refractivity contribution is 6.00. The number of imidazole rings is 1. The minimum Gasteiger partial charge on any atom is -0.346 e. The number of hydrogen-bond acceptors (Lipinski definition) is 3. The molecule has 5 rings (SSSR count). The van der Waals surface area contributed by atoms with Gasteiger partial charge in [0.2, 0.25) is 5.91 Å². The molecule has 30 heavy (non-hydrogen) atoms. The zero-order valence-electron chi connectivity index (χ0n) is 16.5. The van der Waals surface area contributed by atoms with Crippen LogP contribution in [0.25, 0.3) is 5.69 Å². The number of carbonyl (C=O) groups excluding carboxylic acids is 2. The number of aromatic nitrogens is 2. The molecule has 5 nitrogen and oxygen atoms in total. The van der Waals surface area contributed by atoms with Gasteiger partial charge in [0.1, 0.15) is 11.6 Å². The average Bonchev–Trinajstić information content (AvgIpc) is 3.40. The molecule has 152 valence electrons. The zero-order chi connectivity index (χ0) is 20.7. The average molecular weight is 403 g/mol. The van der Waals surface area contributed by atoms with Crippen molar-refractivity contribution in [2.45, 2.75) is 38.1 Å². The summed E-state index contributed by atoms with van der Waals surface area (Å²) >= 11 is 0. The van der Waals surface area contributed by atoms with Crippen molar-refractivity contribution in [3.63, 3.8) is 0 Å². The van der Waals surface area contributed by atoms with Gasteiger partial charge in [-0.05, 0) is 49.4 Å². The molecule has 3 aromatic rings. The van der Waals surface area contributed by atoms with Gasteiger partial charge in [-0.2, -0.15) is 0 Å². The minimum absolute atomic E-state index is 0.101. The third-order valence-corrected chi connectivity index (χ3v) is 6.22. The largest absolute Gasteiger partial charge is 0.346 e. The van der Waals surface area contributed by atoms with Crippen molar-refractivity contribution in [2.75, 3.05) is 0 Å². The molecule has 0 bridgehead atoms. The van der Waals surface area contributed by atoms with Crippen LogP contribution < -0.4 is 5.32 Å². The van der Waals surface area contributed by atoms with Gasteiger partial charge >= 0.3 is 0 Å². The second-order valence-corrected chi connectivity index (χ2v) is 8.24. The number of nitrogens with one attached hydrogen (secondary N) is 1. The Morgan fingerprint density at radius 1 is 1.17 bits per heavy atom. The van der Waals surface area contributed by atoms with Crippen LogP contribution in [0.4, 0.5) is 4.39 Å². The maximum absolute atomic E-state index is 13.5. The topological polar surface area (TPSA) is 64.0 Å². The SMILES string of the molecule is O=C(CC1(C(=O)N[C@@H]2CCc3ccccc3-n3ccnc32)CC1)c1cccc(F)c1. The molecule has 0 spiro atoms. The second-order valence-electron chi connectivity index (χ2n) is 8.24. The van der Waals surface area contributed by atoms with Gasteiger partial charge in [0.15, 0.2) is 5.78 Å². The number of amides is 1. The van der Waals surface area contributed by atoms with Crippen molar-refractivity contribution >= 4 is 11.7 Å². The van der Waals surface area contributed by atoms with Crippen molar-refractivity contribution < 1.29 is 14.0 Å². The molecule has 2 aliphatic rings. The van der Waals surface area contributed by atoms with Crippen molar-refractivity contribution in [1.82, 2.24) is 14.9 Å². The third kappa shape index (κ3) is 3.32. The number of ketones is 1. The van der Waals surface area contributed by atoms with Gasteiger partial charge in [0.25, 0.3) is 0 Å². The molecule has 1 aromatic heterocycles. The van der Waals surface area contributed by atoms with E-state index in [0.717, 1.165) is 24.4 Å². The highest BCUT2D eigenvalue weighted by Gasteiger charge is 2.51. The summed E-state index contributed by atoms with van der Waals surface area (Å²) in [5.74, 6) is 0.0512. The Bertz CT molecular complexity index is 1130. The molecule has 2 aromatic carbocycles. The summed E-state index contributed by atoms with van der Waals surface area (Å²) in [6.45, 7) is 0. The number of Topliss-reactive ketones (excluding diaryl/α,β-unsaturated/α-hetero) is 1. The first-order valence-corrected chi connectivity index (χ1v) is 10.3. The van der Waals surface area contributed by atoms with Crippen molar-refractivity contribution in [2.24, 2.45) is 5.41 Å². The lowest BCUT2D eigenvalue weighted by Gasteiger charge is -2.21. The fourth-order valence-corrected chi connectivity index (χ4v) is 4.32. The van der Waals surface area contributed by atoms with Crippen molar-refractivity contribution in [3.8, 4) is 5.69 Å². The Morgan fingerprint density at radius 2 is 2.00 bits per heavy atom. The Labute approximate surface area is 173 Å². The lowest BCUT2D eigenvalue weighted by atomic mass is 9.94. The Morgan fingerprint density at radius 3 is 2.80 bits per heavy atom. The molecule has 1 aliphatic heterocycles. The number of nitrogens with zero attached hydrogens (tertiary/aromatic N) is 2. The number of para-hydroxylation sites is 1. The number of hydrogen-bond donors (Lipinski definition) is 1. The van der Waals surface area contributed by atoms with Gasteiger partial charge in [-0.3, -0.25) is 9.59 Å². The minimum atomic E-state index is -0.694. The quantitative estimate of drug-likeness (QED) is 0.651. The summed E-state index contributed by atoms with van der Waals surface area (Å²) in [7, 11) is 0. The van der Waals surface area contributed by atoms with Crippen LogP contribution in [0.1, 0.15) is 53.5 Å². The van der Waals surface area contributed by atoms with Crippen LogP contribution in [0.15, 0.2) is 60.9 Å². The van der Waals surface area contributed by atoms with Crippen molar-refractivity contribution in [1.29, 1.82) is 0 Å². The molecule has 0 unspecified atom stereocenters. The normalized spacial score (nSPS) is 18.6. The maximum Gasteiger partial charge on any atom is 0.227 e. The number of aryl methyl sites for hydroxylation is 1. The summed E-state index contributed by atoms with van der Waals surface area (Å²) < 4.78 is 15.5. The maximum atomic E-state index is 13.5. The third-order valence-electron chi connectivity index (χ3n) is 6.22. The monoisotopic (exact) mass is 403 g/mol. The van der Waals surface area contributed by atoms with E-state index in [1.165, 1.54) is 23.8 Å². The van der Waals surface area contributed by atoms with Gasteiger partial charge in [-0.15, -0.1) is 0 Å². The van der Waals surface area contributed by atoms with E-state index < -0.39 is 11.2 Å². The van der Waals surface area contributed by atoms with Gasteiger partial charge < -0.3 is 9.88 Å². The molecule has 0 saturated heterocycles. The molecule has 1 saturated carbocycles. The number of benzene rings is 2. The number of halogens is 1. The standard InChI is InChI=1S/C24H22FN3O2/c25-18-6-3-5-17(14-18)21(29)15-24(10-11-24)23(30)27-19-9-8-16-4-1-2-7-20(16)28-13-12-26-22(19)28/h1-7,12-14,19H,8-11,15H2,(H,27,30)/t19-/m1/s1. The predicted octanol–water partition coefficient (Wildman–Crippen LogP) is 4.17. The molecule has 1 atom stereocenters. The molecule has 6 heteroatoms. The lowest BCUT2D eigenvalue weighted by Crippen LogP contribution is -2.37.